The van der Waals surface area contributed by atoms with Crippen molar-refractivity contribution in [3.05, 3.63) is 41.7 Å². The van der Waals surface area contributed by atoms with E-state index in [2.05, 4.69) is 11.1 Å². The highest BCUT2D eigenvalue weighted by atomic mass is 32.2. The summed E-state index contributed by atoms with van der Waals surface area (Å²) in [7, 11) is 3.25. The first-order chi connectivity index (χ1) is 9.67. The molecule has 1 heterocycles. The number of nitrogen functional groups attached to an aromatic ring is 1. The molecule has 0 radical (unpaired) electrons. The van der Waals surface area contributed by atoms with Crippen molar-refractivity contribution >= 4 is 17.4 Å². The van der Waals surface area contributed by atoms with Gasteiger partial charge < -0.3 is 15.2 Å². The third-order valence-electron chi connectivity index (χ3n) is 3.06. The molecule has 0 saturated heterocycles. The summed E-state index contributed by atoms with van der Waals surface area (Å²) in [5.41, 5.74) is 8.68. The minimum absolute atomic E-state index is 0.684. The fraction of sp³-hybridized carbons (Fsp3) is 0.267. The SMILES string of the molecule is COc1ccnc(CSc2cccc(N)c2C)c1OC. The topological polar surface area (TPSA) is 57.4 Å². The Kier molecular flexibility index (Phi) is 4.74. The van der Waals surface area contributed by atoms with Gasteiger partial charge in [-0.25, -0.2) is 0 Å². The lowest BCUT2D eigenvalue weighted by atomic mass is 10.2. The van der Waals surface area contributed by atoms with E-state index in [-0.39, 0.29) is 0 Å². The second kappa shape index (κ2) is 6.52. The molecule has 0 amide bonds. The number of benzene rings is 1. The zero-order valence-corrected chi connectivity index (χ0v) is 12.7. The highest BCUT2D eigenvalue weighted by Crippen LogP contribution is 2.34. The number of hydrogen-bond acceptors (Lipinski definition) is 5. The summed E-state index contributed by atoms with van der Waals surface area (Å²) >= 11 is 1.68. The second-order valence-corrected chi connectivity index (χ2v) is 5.27. The lowest BCUT2D eigenvalue weighted by Crippen LogP contribution is -1.98. The third kappa shape index (κ3) is 2.99. The van der Waals surface area contributed by atoms with Crippen LogP contribution < -0.4 is 15.2 Å². The summed E-state index contributed by atoms with van der Waals surface area (Å²) in [5.74, 6) is 2.08. The van der Waals surface area contributed by atoms with E-state index in [0.717, 1.165) is 21.8 Å². The molecule has 5 heteroatoms. The number of nitrogens with zero attached hydrogens (tertiary/aromatic N) is 1. The van der Waals surface area contributed by atoms with Crippen LogP contribution in [0.25, 0.3) is 0 Å². The maximum Gasteiger partial charge on any atom is 0.183 e. The van der Waals surface area contributed by atoms with E-state index in [9.17, 15) is 0 Å². The summed E-state index contributed by atoms with van der Waals surface area (Å²) in [6.45, 7) is 2.02. The van der Waals surface area contributed by atoms with Crippen LogP contribution in [-0.2, 0) is 5.75 Å². The molecule has 0 bridgehead atoms. The molecule has 1 aromatic carbocycles. The molecule has 20 heavy (non-hydrogen) atoms. The van der Waals surface area contributed by atoms with E-state index in [4.69, 9.17) is 15.2 Å². The average molecular weight is 290 g/mol. The fourth-order valence-electron chi connectivity index (χ4n) is 1.89. The zero-order chi connectivity index (χ0) is 14.5. The maximum atomic E-state index is 5.92. The normalized spacial score (nSPS) is 10.3. The molecule has 1 aromatic heterocycles. The number of aromatic nitrogens is 1. The van der Waals surface area contributed by atoms with Crippen molar-refractivity contribution in [2.45, 2.75) is 17.6 Å². The van der Waals surface area contributed by atoms with Crippen LogP contribution in [0, 0.1) is 6.92 Å². The Morgan fingerprint density at radius 2 is 2.00 bits per heavy atom. The summed E-state index contributed by atoms with van der Waals surface area (Å²) in [6.07, 6.45) is 1.73. The zero-order valence-electron chi connectivity index (χ0n) is 11.8. The van der Waals surface area contributed by atoms with Gasteiger partial charge in [0.1, 0.15) is 0 Å². The summed E-state index contributed by atoms with van der Waals surface area (Å²) < 4.78 is 10.7. The number of methoxy groups -OCH3 is 2. The van der Waals surface area contributed by atoms with Gasteiger partial charge in [0, 0.05) is 28.6 Å². The molecule has 0 fully saturated rings. The standard InChI is InChI=1S/C15H18N2O2S/c1-10-11(16)5-4-6-14(10)20-9-12-15(19-3)13(18-2)7-8-17-12/h4-8H,9,16H2,1-3H3. The van der Waals surface area contributed by atoms with E-state index in [0.29, 0.717) is 17.3 Å². The molecule has 0 aliphatic heterocycles. The van der Waals surface area contributed by atoms with Crippen LogP contribution in [0.5, 0.6) is 11.5 Å². The van der Waals surface area contributed by atoms with Gasteiger partial charge in [0.15, 0.2) is 11.5 Å². The average Bonchev–Trinajstić information content (AvgIpc) is 2.48. The molecule has 106 valence electrons. The number of anilines is 1. The van der Waals surface area contributed by atoms with Gasteiger partial charge in [0.05, 0.1) is 19.9 Å². The largest absolute Gasteiger partial charge is 0.493 e. The predicted molar refractivity (Wildman–Crippen MR) is 82.5 cm³/mol. The van der Waals surface area contributed by atoms with Crippen LogP contribution in [-0.4, -0.2) is 19.2 Å². The van der Waals surface area contributed by atoms with Crippen LogP contribution >= 0.6 is 11.8 Å². The Morgan fingerprint density at radius 3 is 2.70 bits per heavy atom. The Labute approximate surface area is 123 Å². The van der Waals surface area contributed by atoms with Gasteiger partial charge in [-0.2, -0.15) is 0 Å². The van der Waals surface area contributed by atoms with Crippen molar-refractivity contribution < 1.29 is 9.47 Å². The molecule has 0 atom stereocenters. The van der Waals surface area contributed by atoms with Crippen LogP contribution in [0.15, 0.2) is 35.4 Å². The van der Waals surface area contributed by atoms with Crippen molar-refractivity contribution in [1.29, 1.82) is 0 Å². The van der Waals surface area contributed by atoms with Crippen LogP contribution in [0.3, 0.4) is 0 Å². The lowest BCUT2D eigenvalue weighted by Gasteiger charge is -2.12. The van der Waals surface area contributed by atoms with Gasteiger partial charge in [-0.1, -0.05) is 6.07 Å². The van der Waals surface area contributed by atoms with Crippen LogP contribution in [0.2, 0.25) is 0 Å². The number of nitrogens with two attached hydrogens (primary N) is 1. The van der Waals surface area contributed by atoms with E-state index in [1.165, 1.54) is 0 Å². The fourth-order valence-corrected chi connectivity index (χ4v) is 2.89. The van der Waals surface area contributed by atoms with Gasteiger partial charge in [0.25, 0.3) is 0 Å². The predicted octanol–water partition coefficient (Wildman–Crippen LogP) is 3.28. The van der Waals surface area contributed by atoms with Gasteiger partial charge in [-0.3, -0.25) is 4.98 Å². The molecule has 2 rings (SSSR count). The molecular formula is C15H18N2O2S. The van der Waals surface area contributed by atoms with E-state index < -0.39 is 0 Å². The highest BCUT2D eigenvalue weighted by molar-refractivity contribution is 7.98. The van der Waals surface area contributed by atoms with E-state index in [1.807, 2.05) is 19.1 Å². The van der Waals surface area contributed by atoms with Crippen LogP contribution in [0.4, 0.5) is 5.69 Å². The Morgan fingerprint density at radius 1 is 1.20 bits per heavy atom. The molecule has 4 nitrogen and oxygen atoms in total. The van der Waals surface area contributed by atoms with E-state index in [1.54, 1.807) is 38.2 Å². The molecule has 2 aromatic rings. The second-order valence-electron chi connectivity index (χ2n) is 4.25. The van der Waals surface area contributed by atoms with Gasteiger partial charge in [-0.05, 0) is 24.6 Å². The van der Waals surface area contributed by atoms with Gasteiger partial charge >= 0.3 is 0 Å². The minimum atomic E-state index is 0.684. The van der Waals surface area contributed by atoms with Crippen molar-refractivity contribution in [3.63, 3.8) is 0 Å². The highest BCUT2D eigenvalue weighted by Gasteiger charge is 2.12. The Bertz CT molecular complexity index is 602. The van der Waals surface area contributed by atoms with Crippen LogP contribution in [0.1, 0.15) is 11.3 Å². The number of rotatable bonds is 5. The Balaban J connectivity index is 2.21. The van der Waals surface area contributed by atoms with E-state index >= 15 is 0 Å². The number of ether oxygens (including phenoxy) is 2. The minimum Gasteiger partial charge on any atom is -0.493 e. The number of thioether (sulfide) groups is 1. The van der Waals surface area contributed by atoms with Gasteiger partial charge in [-0.15, -0.1) is 11.8 Å². The quantitative estimate of drug-likeness (QED) is 0.676. The first kappa shape index (κ1) is 14.5. The molecule has 0 saturated carbocycles. The monoisotopic (exact) mass is 290 g/mol. The lowest BCUT2D eigenvalue weighted by molar-refractivity contribution is 0.350. The Hall–Kier alpha value is -1.88. The third-order valence-corrected chi connectivity index (χ3v) is 4.23. The van der Waals surface area contributed by atoms with Crippen molar-refractivity contribution in [2.75, 3.05) is 20.0 Å². The smallest absolute Gasteiger partial charge is 0.183 e. The van der Waals surface area contributed by atoms with Gasteiger partial charge in [0.2, 0.25) is 0 Å². The molecule has 0 aliphatic rings. The van der Waals surface area contributed by atoms with Crippen molar-refractivity contribution in [3.8, 4) is 11.5 Å². The first-order valence-electron chi connectivity index (χ1n) is 6.21. The first-order valence-corrected chi connectivity index (χ1v) is 7.19. The summed E-state index contributed by atoms with van der Waals surface area (Å²) in [5, 5.41) is 0. The summed E-state index contributed by atoms with van der Waals surface area (Å²) in [6, 6.07) is 7.71. The number of pyridine rings is 1. The molecule has 0 aliphatic carbocycles. The molecular weight excluding hydrogens is 272 g/mol. The molecule has 2 N–H and O–H groups in total. The maximum absolute atomic E-state index is 5.92. The number of hydrogen-bond donors (Lipinski definition) is 1. The molecule has 0 unspecified atom stereocenters. The molecule has 0 spiro atoms. The summed E-state index contributed by atoms with van der Waals surface area (Å²) in [4.78, 5) is 5.52. The van der Waals surface area contributed by atoms with Crippen molar-refractivity contribution in [2.24, 2.45) is 0 Å². The van der Waals surface area contributed by atoms with Crippen molar-refractivity contribution in [1.82, 2.24) is 4.98 Å².